The highest BCUT2D eigenvalue weighted by Gasteiger charge is 2.63. The van der Waals surface area contributed by atoms with E-state index in [4.69, 9.17) is 11.6 Å². The van der Waals surface area contributed by atoms with E-state index in [0.29, 0.717) is 27.3 Å². The number of fused-ring (bicyclic) bond motifs is 3. The number of allylic oxidation sites excluding steroid dienone is 2. The van der Waals surface area contributed by atoms with Crippen molar-refractivity contribution in [1.82, 2.24) is 4.90 Å². The Kier molecular flexibility index (Phi) is 6.38. The molecule has 3 aliphatic rings. The van der Waals surface area contributed by atoms with E-state index < -0.39 is 40.7 Å². The zero-order valence-corrected chi connectivity index (χ0v) is 22.4. The number of halogens is 1. The lowest BCUT2D eigenvalue weighted by molar-refractivity contribution is -0.384. The van der Waals surface area contributed by atoms with Gasteiger partial charge in [0.1, 0.15) is 6.04 Å². The monoisotopic (exact) mass is 567 g/mol. The molecule has 9 nitrogen and oxygen atoms in total. The molecule has 3 aromatic carbocycles. The molecule has 0 spiro atoms. The fourth-order valence-corrected chi connectivity index (χ4v) is 6.11. The number of Topliss-reactive ketones (excluding diaryl/α,β-unsaturated/α-hetero) is 2. The van der Waals surface area contributed by atoms with Crippen LogP contribution < -0.4 is 4.90 Å². The molecule has 2 amide bonds. The molecule has 0 aliphatic carbocycles. The van der Waals surface area contributed by atoms with Crippen LogP contribution >= 0.6 is 11.6 Å². The van der Waals surface area contributed by atoms with Gasteiger partial charge < -0.3 is 4.90 Å². The number of nitrogens with zero attached hydrogens (tertiary/aromatic N) is 3. The lowest BCUT2D eigenvalue weighted by Crippen LogP contribution is -2.46. The summed E-state index contributed by atoms with van der Waals surface area (Å²) in [5.41, 5.74) is 1.57. The second-order valence-corrected chi connectivity index (χ2v) is 10.6. The lowest BCUT2D eigenvalue weighted by atomic mass is 9.85. The molecule has 41 heavy (non-hydrogen) atoms. The van der Waals surface area contributed by atoms with Crippen LogP contribution in [0.25, 0.3) is 0 Å². The number of hydrogen-bond donors (Lipinski definition) is 0. The van der Waals surface area contributed by atoms with E-state index in [2.05, 4.69) is 0 Å². The summed E-state index contributed by atoms with van der Waals surface area (Å²) < 4.78 is 0. The van der Waals surface area contributed by atoms with Crippen molar-refractivity contribution in [3.8, 4) is 0 Å². The Balaban J connectivity index is 1.44. The molecule has 0 saturated carbocycles. The quantitative estimate of drug-likeness (QED) is 0.179. The Morgan fingerprint density at radius 1 is 0.902 bits per heavy atom. The molecule has 10 heteroatoms. The molecule has 2 saturated heterocycles. The smallest absolute Gasteiger partial charge is 0.269 e. The van der Waals surface area contributed by atoms with Gasteiger partial charge in [-0.2, -0.15) is 0 Å². The second-order valence-electron chi connectivity index (χ2n) is 10.2. The minimum Gasteiger partial charge on any atom is -0.359 e. The van der Waals surface area contributed by atoms with E-state index in [1.807, 2.05) is 0 Å². The molecule has 3 aromatic rings. The van der Waals surface area contributed by atoms with E-state index in [1.165, 1.54) is 18.2 Å². The molecule has 3 heterocycles. The van der Waals surface area contributed by atoms with Gasteiger partial charge in [0.25, 0.3) is 5.69 Å². The first-order valence-corrected chi connectivity index (χ1v) is 13.2. The number of benzene rings is 3. The van der Waals surface area contributed by atoms with Crippen LogP contribution in [0.2, 0.25) is 5.02 Å². The topological polar surface area (TPSA) is 118 Å². The molecule has 2 fully saturated rings. The number of carbonyl (C=O) groups is 4. The minimum absolute atomic E-state index is 0.170. The Bertz CT molecular complexity index is 1700. The molecule has 0 bridgehead atoms. The van der Waals surface area contributed by atoms with Gasteiger partial charge in [-0.1, -0.05) is 48.0 Å². The summed E-state index contributed by atoms with van der Waals surface area (Å²) >= 11 is 6.03. The normalized spacial score (nSPS) is 22.8. The number of nitro groups is 1. The van der Waals surface area contributed by atoms with Gasteiger partial charge in [-0.05, 0) is 48.9 Å². The molecule has 204 valence electrons. The zero-order chi connectivity index (χ0) is 29.0. The van der Waals surface area contributed by atoms with E-state index >= 15 is 0 Å². The van der Waals surface area contributed by atoms with Gasteiger partial charge in [-0.15, -0.1) is 0 Å². The maximum atomic E-state index is 14.0. The average molecular weight is 568 g/mol. The summed E-state index contributed by atoms with van der Waals surface area (Å²) in [7, 11) is 0. The van der Waals surface area contributed by atoms with Crippen molar-refractivity contribution < 1.29 is 24.1 Å². The number of aryl methyl sites for hydroxylation is 1. The number of rotatable bonds is 6. The first-order chi connectivity index (χ1) is 19.7. The highest BCUT2D eigenvalue weighted by molar-refractivity contribution is 6.30. The van der Waals surface area contributed by atoms with Gasteiger partial charge in [0, 0.05) is 40.1 Å². The number of carbonyl (C=O) groups excluding carboxylic acids is 4. The van der Waals surface area contributed by atoms with Crippen LogP contribution in [-0.4, -0.2) is 45.3 Å². The molecule has 0 radical (unpaired) electrons. The molecule has 3 aliphatic heterocycles. The zero-order valence-electron chi connectivity index (χ0n) is 21.6. The van der Waals surface area contributed by atoms with Crippen LogP contribution in [0.4, 0.5) is 11.4 Å². The van der Waals surface area contributed by atoms with Crippen LogP contribution in [0, 0.1) is 28.9 Å². The van der Waals surface area contributed by atoms with Crippen LogP contribution in [-0.2, 0) is 9.59 Å². The molecular formula is C31H22ClN3O6. The Morgan fingerprint density at radius 3 is 2.24 bits per heavy atom. The van der Waals surface area contributed by atoms with Gasteiger partial charge in [0.15, 0.2) is 11.6 Å². The van der Waals surface area contributed by atoms with Crippen molar-refractivity contribution in [2.75, 3.05) is 4.90 Å². The van der Waals surface area contributed by atoms with Crippen LogP contribution in [0.15, 0.2) is 96.7 Å². The van der Waals surface area contributed by atoms with Crippen LogP contribution in [0.5, 0.6) is 0 Å². The molecule has 0 N–H and O–H groups in total. The van der Waals surface area contributed by atoms with Gasteiger partial charge >= 0.3 is 0 Å². The predicted molar refractivity (Wildman–Crippen MR) is 150 cm³/mol. The molecule has 0 aromatic heterocycles. The van der Waals surface area contributed by atoms with Crippen molar-refractivity contribution in [2.45, 2.75) is 19.0 Å². The van der Waals surface area contributed by atoms with Crippen molar-refractivity contribution in [2.24, 2.45) is 11.8 Å². The van der Waals surface area contributed by atoms with E-state index in [9.17, 15) is 29.3 Å². The fraction of sp³-hybridized carbons (Fsp3) is 0.161. The van der Waals surface area contributed by atoms with E-state index in [-0.39, 0.29) is 22.9 Å². The Labute approximate surface area is 239 Å². The Hall–Kier alpha value is -4.89. The van der Waals surface area contributed by atoms with Gasteiger partial charge in [-0.3, -0.25) is 29.3 Å². The first-order valence-electron chi connectivity index (χ1n) is 12.9. The standard InChI is InChI=1S/C31H22ClN3O6/c1-17-15-22(35(40)41)11-12-23(17)34-30(38)25-24-16-20(28(36)18-5-3-2-4-6-18)13-14-33(24)27(26(25)31(34)39)29(37)19-7-9-21(32)10-8-19/h2-16,24-27H,1H3/t24-,25-,26-,27-/m0/s1. The number of non-ortho nitro benzene ring substituents is 1. The highest BCUT2D eigenvalue weighted by Crippen LogP contribution is 2.47. The largest absolute Gasteiger partial charge is 0.359 e. The third-order valence-electron chi connectivity index (χ3n) is 7.88. The highest BCUT2D eigenvalue weighted by atomic mass is 35.5. The average Bonchev–Trinajstić information content (AvgIpc) is 3.44. The number of imide groups is 1. The number of ketones is 2. The maximum Gasteiger partial charge on any atom is 0.269 e. The minimum atomic E-state index is -1.04. The number of hydrogen-bond acceptors (Lipinski definition) is 7. The summed E-state index contributed by atoms with van der Waals surface area (Å²) in [6.07, 6.45) is 4.86. The molecular weight excluding hydrogens is 546 g/mol. The predicted octanol–water partition coefficient (Wildman–Crippen LogP) is 4.93. The third kappa shape index (κ3) is 4.25. The number of anilines is 1. The third-order valence-corrected chi connectivity index (χ3v) is 8.13. The fourth-order valence-electron chi connectivity index (χ4n) is 5.98. The van der Waals surface area contributed by atoms with Crippen molar-refractivity contribution in [3.63, 3.8) is 0 Å². The second kappa shape index (κ2) is 9.94. The van der Waals surface area contributed by atoms with E-state index in [0.717, 1.165) is 4.90 Å². The SMILES string of the molecule is Cc1cc([N+](=O)[O-])ccc1N1C(=O)[C@@H]2[C@H](C1=O)[C@@H](C(=O)c1ccc(Cl)cc1)N1C=CC(C(=O)c3ccccc3)=C[C@@H]21. The summed E-state index contributed by atoms with van der Waals surface area (Å²) in [5, 5.41) is 11.7. The number of nitro benzene ring substituents is 1. The van der Waals surface area contributed by atoms with Crippen LogP contribution in [0.1, 0.15) is 26.3 Å². The Morgan fingerprint density at radius 2 is 1.59 bits per heavy atom. The van der Waals surface area contributed by atoms with Crippen molar-refractivity contribution in [3.05, 3.63) is 129 Å². The van der Waals surface area contributed by atoms with E-state index in [1.54, 1.807) is 84.8 Å². The lowest BCUT2D eigenvalue weighted by Gasteiger charge is -2.33. The summed E-state index contributed by atoms with van der Waals surface area (Å²) in [4.78, 5) is 68.6. The first kappa shape index (κ1) is 26.3. The summed E-state index contributed by atoms with van der Waals surface area (Å²) in [6.45, 7) is 1.58. The molecule has 6 rings (SSSR count). The van der Waals surface area contributed by atoms with Crippen molar-refractivity contribution in [1.29, 1.82) is 0 Å². The number of amides is 2. The molecule has 4 atom stereocenters. The van der Waals surface area contributed by atoms with Gasteiger partial charge in [0.05, 0.1) is 28.5 Å². The van der Waals surface area contributed by atoms with Gasteiger partial charge in [0.2, 0.25) is 11.8 Å². The summed E-state index contributed by atoms with van der Waals surface area (Å²) in [5.74, 6) is -3.71. The summed E-state index contributed by atoms with van der Waals surface area (Å²) in [6, 6.07) is 17.1. The van der Waals surface area contributed by atoms with Crippen LogP contribution in [0.3, 0.4) is 0 Å². The molecule has 0 unspecified atom stereocenters. The van der Waals surface area contributed by atoms with Crippen molar-refractivity contribution >= 4 is 46.4 Å². The van der Waals surface area contributed by atoms with Gasteiger partial charge in [-0.25, -0.2) is 4.90 Å². The maximum absolute atomic E-state index is 14.0.